The molecule has 0 bridgehead atoms. The van der Waals surface area contributed by atoms with Crippen LogP contribution in [0.5, 0.6) is 0 Å². The van der Waals surface area contributed by atoms with Crippen LogP contribution in [0.15, 0.2) is 34.7 Å². The third-order valence-electron chi connectivity index (χ3n) is 4.17. The van der Waals surface area contributed by atoms with Gasteiger partial charge in [-0.05, 0) is 18.6 Å². The highest BCUT2D eigenvalue weighted by atomic mass is 32.2. The first-order chi connectivity index (χ1) is 12.3. The van der Waals surface area contributed by atoms with Crippen LogP contribution in [0, 0.1) is 6.92 Å². The maximum Gasteiger partial charge on any atom is 0.165 e. The van der Waals surface area contributed by atoms with Gasteiger partial charge in [-0.15, -0.1) is 11.8 Å². The van der Waals surface area contributed by atoms with E-state index < -0.39 is 0 Å². The molecule has 1 fully saturated rings. The second-order valence-corrected chi connectivity index (χ2v) is 7.99. The standard InChI is InChI=1S/C17H24N4O2S2/c1-13-15(12-25-17-19-4-5-20-17)18-3-2-16(13)24-9-7-21-6-8-23-14(10-21)11-22/h2-5,14,22H,6-12H2,1H3,(H,19,20). The molecule has 0 aliphatic carbocycles. The molecule has 8 heteroatoms. The van der Waals surface area contributed by atoms with Gasteiger partial charge in [0, 0.05) is 54.6 Å². The second kappa shape index (κ2) is 9.59. The van der Waals surface area contributed by atoms with Crippen molar-refractivity contribution in [3.63, 3.8) is 0 Å². The maximum absolute atomic E-state index is 9.23. The number of morpholine rings is 1. The number of H-pyrrole nitrogens is 1. The van der Waals surface area contributed by atoms with Crippen molar-refractivity contribution in [3.8, 4) is 0 Å². The fourth-order valence-corrected chi connectivity index (χ4v) is 4.62. The average molecular weight is 381 g/mol. The average Bonchev–Trinajstić information content (AvgIpc) is 3.16. The van der Waals surface area contributed by atoms with E-state index >= 15 is 0 Å². The molecule has 0 saturated carbocycles. The van der Waals surface area contributed by atoms with Crippen LogP contribution >= 0.6 is 23.5 Å². The normalized spacial score (nSPS) is 18.6. The van der Waals surface area contributed by atoms with E-state index in [0.717, 1.165) is 42.0 Å². The van der Waals surface area contributed by atoms with Gasteiger partial charge in [0.15, 0.2) is 5.16 Å². The van der Waals surface area contributed by atoms with E-state index in [2.05, 4.69) is 32.8 Å². The molecule has 2 aromatic heterocycles. The Morgan fingerprint density at radius 2 is 2.28 bits per heavy atom. The van der Waals surface area contributed by atoms with Crippen molar-refractivity contribution in [3.05, 3.63) is 35.9 Å². The zero-order valence-electron chi connectivity index (χ0n) is 14.4. The molecule has 0 radical (unpaired) electrons. The Labute approximate surface area is 156 Å². The summed E-state index contributed by atoms with van der Waals surface area (Å²) < 4.78 is 5.50. The van der Waals surface area contributed by atoms with Crippen LogP contribution in [0.2, 0.25) is 0 Å². The molecule has 6 nitrogen and oxygen atoms in total. The number of nitrogens with zero attached hydrogens (tertiary/aromatic N) is 3. The van der Waals surface area contributed by atoms with Crippen molar-refractivity contribution in [1.29, 1.82) is 0 Å². The molecule has 1 atom stereocenters. The Kier molecular flexibility index (Phi) is 7.18. The first kappa shape index (κ1) is 18.7. The van der Waals surface area contributed by atoms with Crippen molar-refractivity contribution in [2.24, 2.45) is 0 Å². The number of thioether (sulfide) groups is 2. The topological polar surface area (TPSA) is 74.3 Å². The summed E-state index contributed by atoms with van der Waals surface area (Å²) in [6.07, 6.45) is 5.46. The number of ether oxygens (including phenoxy) is 1. The third-order valence-corrected chi connectivity index (χ3v) is 6.22. The number of hydrogen-bond acceptors (Lipinski definition) is 7. The number of aromatic nitrogens is 3. The quantitative estimate of drug-likeness (QED) is 0.680. The van der Waals surface area contributed by atoms with Crippen LogP contribution in [0.1, 0.15) is 11.3 Å². The molecule has 1 saturated heterocycles. The lowest BCUT2D eigenvalue weighted by atomic mass is 10.2. The minimum absolute atomic E-state index is 0.0355. The number of aliphatic hydroxyl groups is 1. The molecule has 0 amide bonds. The highest BCUT2D eigenvalue weighted by Gasteiger charge is 2.19. The fraction of sp³-hybridized carbons (Fsp3) is 0.529. The number of nitrogens with one attached hydrogen (secondary N) is 1. The molecule has 1 aliphatic heterocycles. The van der Waals surface area contributed by atoms with E-state index in [1.807, 2.05) is 24.2 Å². The number of pyridine rings is 1. The van der Waals surface area contributed by atoms with E-state index in [9.17, 15) is 5.11 Å². The molecule has 3 heterocycles. The van der Waals surface area contributed by atoms with E-state index in [1.54, 1.807) is 18.0 Å². The van der Waals surface area contributed by atoms with Gasteiger partial charge in [0.1, 0.15) is 0 Å². The smallest absolute Gasteiger partial charge is 0.165 e. The van der Waals surface area contributed by atoms with E-state index in [0.29, 0.717) is 6.61 Å². The van der Waals surface area contributed by atoms with Gasteiger partial charge in [0.25, 0.3) is 0 Å². The summed E-state index contributed by atoms with van der Waals surface area (Å²) in [6, 6.07) is 2.09. The van der Waals surface area contributed by atoms with Crippen molar-refractivity contribution >= 4 is 23.5 Å². The molecule has 1 aliphatic rings. The molecule has 0 spiro atoms. The van der Waals surface area contributed by atoms with Gasteiger partial charge >= 0.3 is 0 Å². The molecule has 136 valence electrons. The predicted octanol–water partition coefficient (Wildman–Crippen LogP) is 2.19. The zero-order chi connectivity index (χ0) is 17.5. The SMILES string of the molecule is Cc1c(SCCN2CCOC(CO)C2)ccnc1CSc1ncc[nH]1. The van der Waals surface area contributed by atoms with Gasteiger partial charge in [-0.2, -0.15) is 0 Å². The summed E-state index contributed by atoms with van der Waals surface area (Å²) in [6.45, 7) is 5.71. The van der Waals surface area contributed by atoms with E-state index in [-0.39, 0.29) is 12.7 Å². The highest BCUT2D eigenvalue weighted by molar-refractivity contribution is 7.99. The summed E-state index contributed by atoms with van der Waals surface area (Å²) in [5.41, 5.74) is 2.36. The van der Waals surface area contributed by atoms with Gasteiger partial charge in [-0.3, -0.25) is 9.88 Å². The van der Waals surface area contributed by atoms with Crippen LogP contribution in [-0.4, -0.2) is 69.7 Å². The number of hydrogen-bond donors (Lipinski definition) is 2. The van der Waals surface area contributed by atoms with Crippen molar-refractivity contribution in [2.45, 2.75) is 28.8 Å². The van der Waals surface area contributed by atoms with Gasteiger partial charge < -0.3 is 14.8 Å². The van der Waals surface area contributed by atoms with Crippen molar-refractivity contribution in [2.75, 3.05) is 38.6 Å². The van der Waals surface area contributed by atoms with Crippen LogP contribution in [0.25, 0.3) is 0 Å². The van der Waals surface area contributed by atoms with Gasteiger partial charge in [0.2, 0.25) is 0 Å². The van der Waals surface area contributed by atoms with E-state index in [4.69, 9.17) is 4.74 Å². The molecular formula is C17H24N4O2S2. The summed E-state index contributed by atoms with van der Waals surface area (Å²) in [4.78, 5) is 15.5. The highest BCUT2D eigenvalue weighted by Crippen LogP contribution is 2.27. The number of aliphatic hydroxyl groups excluding tert-OH is 1. The van der Waals surface area contributed by atoms with Crippen LogP contribution in [-0.2, 0) is 10.5 Å². The molecular weight excluding hydrogens is 356 g/mol. The fourth-order valence-electron chi connectivity index (χ4n) is 2.71. The molecule has 2 N–H and O–H groups in total. The summed E-state index contributed by atoms with van der Waals surface area (Å²) >= 11 is 3.54. The minimum atomic E-state index is -0.0355. The van der Waals surface area contributed by atoms with Crippen molar-refractivity contribution in [1.82, 2.24) is 19.9 Å². The molecule has 1 unspecified atom stereocenters. The lowest BCUT2D eigenvalue weighted by molar-refractivity contribution is -0.0509. The zero-order valence-corrected chi connectivity index (χ0v) is 16.0. The van der Waals surface area contributed by atoms with Gasteiger partial charge in [0.05, 0.1) is 25.0 Å². The van der Waals surface area contributed by atoms with Crippen LogP contribution < -0.4 is 0 Å². The van der Waals surface area contributed by atoms with Crippen LogP contribution in [0.3, 0.4) is 0 Å². The second-order valence-electron chi connectivity index (χ2n) is 5.89. The Bertz CT molecular complexity index is 654. The monoisotopic (exact) mass is 380 g/mol. The first-order valence-electron chi connectivity index (χ1n) is 8.40. The lowest BCUT2D eigenvalue weighted by Crippen LogP contribution is -2.44. The van der Waals surface area contributed by atoms with E-state index in [1.165, 1.54) is 10.5 Å². The first-order valence-corrected chi connectivity index (χ1v) is 10.4. The molecule has 0 aromatic carbocycles. The van der Waals surface area contributed by atoms with Crippen molar-refractivity contribution < 1.29 is 9.84 Å². The minimum Gasteiger partial charge on any atom is -0.394 e. The predicted molar refractivity (Wildman–Crippen MR) is 101 cm³/mol. The summed E-state index contributed by atoms with van der Waals surface area (Å²) in [5, 5.41) is 10.1. The summed E-state index contributed by atoms with van der Waals surface area (Å²) in [5.74, 6) is 1.84. The van der Waals surface area contributed by atoms with Crippen LogP contribution in [0.4, 0.5) is 0 Å². The third kappa shape index (κ3) is 5.46. The maximum atomic E-state index is 9.23. The number of rotatable bonds is 8. The Morgan fingerprint density at radius 1 is 1.36 bits per heavy atom. The Hall–Kier alpha value is -1.06. The number of imidazole rings is 1. The molecule has 3 rings (SSSR count). The number of aromatic amines is 1. The Morgan fingerprint density at radius 3 is 3.08 bits per heavy atom. The van der Waals surface area contributed by atoms with Gasteiger partial charge in [-0.1, -0.05) is 11.8 Å². The molecule has 25 heavy (non-hydrogen) atoms. The summed E-state index contributed by atoms with van der Waals surface area (Å²) in [7, 11) is 0. The largest absolute Gasteiger partial charge is 0.394 e. The van der Waals surface area contributed by atoms with Gasteiger partial charge in [-0.25, -0.2) is 4.98 Å². The Balaban J connectivity index is 1.49. The lowest BCUT2D eigenvalue weighted by Gasteiger charge is -2.31. The molecule has 2 aromatic rings.